The van der Waals surface area contributed by atoms with E-state index in [1.54, 1.807) is 0 Å². The molecule has 2 nitrogen and oxygen atoms in total. The van der Waals surface area contributed by atoms with Crippen LogP contribution in [0.15, 0.2) is 0 Å². The fourth-order valence-corrected chi connectivity index (χ4v) is 1.63. The van der Waals surface area contributed by atoms with Gasteiger partial charge in [0, 0.05) is 10.8 Å². The maximum absolute atomic E-state index is 11.8. The fraction of sp³-hybridized carbons (Fsp3) is 0.333. The third-order valence-corrected chi connectivity index (χ3v) is 2.98. The maximum atomic E-state index is 11.8. The molecule has 0 spiro atoms. The Morgan fingerprint density at radius 3 is 2.00 bits per heavy atom. The Morgan fingerprint density at radius 1 is 1.27 bits per heavy atom. The number of alkyl halides is 3. The van der Waals surface area contributed by atoms with Crippen molar-refractivity contribution in [3.05, 3.63) is 0 Å². The van der Waals surface area contributed by atoms with Crippen molar-refractivity contribution in [2.75, 3.05) is 0 Å². The van der Waals surface area contributed by atoms with Gasteiger partial charge in [-0.3, -0.25) is 9.59 Å². The van der Waals surface area contributed by atoms with Gasteiger partial charge in [-0.05, 0) is 34.0 Å². The van der Waals surface area contributed by atoms with Crippen molar-refractivity contribution in [3.63, 3.8) is 0 Å². The van der Waals surface area contributed by atoms with Gasteiger partial charge in [-0.2, -0.15) is 8.78 Å². The SMILES string of the molecule is O=C(Cl)SSC(=O)C(F)(F)Cl. The summed E-state index contributed by atoms with van der Waals surface area (Å²) in [7, 11) is 0.201. The van der Waals surface area contributed by atoms with Crippen molar-refractivity contribution in [1.29, 1.82) is 0 Å². The monoisotopic (exact) mass is 240 g/mol. The number of hydrogen-bond acceptors (Lipinski definition) is 4. The molecule has 0 N–H and O–H groups in total. The fourth-order valence-electron chi connectivity index (χ4n) is 0.118. The van der Waals surface area contributed by atoms with Crippen molar-refractivity contribution in [3.8, 4) is 0 Å². The van der Waals surface area contributed by atoms with Crippen LogP contribution in [0.3, 0.4) is 0 Å². The first-order chi connectivity index (χ1) is 4.84. The molecule has 11 heavy (non-hydrogen) atoms. The Morgan fingerprint density at radius 2 is 1.73 bits per heavy atom. The number of carbonyl (C=O) groups is 2. The Hall–Kier alpha value is 0.480. The van der Waals surface area contributed by atoms with Gasteiger partial charge in [0.1, 0.15) is 0 Å². The summed E-state index contributed by atoms with van der Waals surface area (Å²) in [5, 5.41) is -5.55. The van der Waals surface area contributed by atoms with E-state index < -0.39 is 15.1 Å². The molecule has 0 aliphatic heterocycles. The van der Waals surface area contributed by atoms with Crippen LogP contribution in [0, 0.1) is 0 Å². The van der Waals surface area contributed by atoms with E-state index in [0.717, 1.165) is 0 Å². The number of carbonyl (C=O) groups excluding carboxylic acids is 2. The zero-order valence-electron chi connectivity index (χ0n) is 4.64. The molecule has 0 aromatic carbocycles. The second-order valence-corrected chi connectivity index (χ2v) is 4.31. The quantitative estimate of drug-likeness (QED) is 0.401. The third-order valence-electron chi connectivity index (χ3n) is 0.414. The first-order valence-corrected chi connectivity index (χ1v) is 4.89. The molecule has 0 saturated heterocycles. The summed E-state index contributed by atoms with van der Waals surface area (Å²) in [5.74, 6) is 0. The minimum absolute atomic E-state index is 0.00579. The predicted molar refractivity (Wildman–Crippen MR) is 42.2 cm³/mol. The zero-order chi connectivity index (χ0) is 9.07. The number of halogens is 4. The summed E-state index contributed by atoms with van der Waals surface area (Å²) >= 11 is 9.03. The highest BCUT2D eigenvalue weighted by Crippen LogP contribution is 2.34. The second-order valence-electron chi connectivity index (χ2n) is 1.19. The molecule has 0 unspecified atom stereocenters. The molecular formula is C3Cl2F2O2S2. The van der Waals surface area contributed by atoms with E-state index in [0.29, 0.717) is 0 Å². The van der Waals surface area contributed by atoms with Crippen molar-refractivity contribution in [1.82, 2.24) is 0 Å². The lowest BCUT2D eigenvalue weighted by Gasteiger charge is -2.01. The van der Waals surface area contributed by atoms with Gasteiger partial charge in [-0.1, -0.05) is 0 Å². The van der Waals surface area contributed by atoms with Crippen LogP contribution in [0.5, 0.6) is 0 Å². The highest BCUT2D eigenvalue weighted by atomic mass is 35.5. The molecule has 0 aromatic heterocycles. The molecule has 0 aliphatic rings. The molecule has 0 aliphatic carbocycles. The number of rotatable bonds is 1. The highest BCUT2D eigenvalue weighted by molar-refractivity contribution is 8.87. The van der Waals surface area contributed by atoms with Gasteiger partial charge in [0.15, 0.2) is 0 Å². The lowest BCUT2D eigenvalue weighted by atomic mass is 10.8. The van der Waals surface area contributed by atoms with Crippen LogP contribution < -0.4 is 0 Å². The van der Waals surface area contributed by atoms with Gasteiger partial charge in [0.2, 0.25) is 0 Å². The Balaban J connectivity index is 3.80. The standard InChI is InChI=1S/C3Cl2F2O2S2/c4-2(9)11-10-1(8)3(5,6)7. The van der Waals surface area contributed by atoms with E-state index in [2.05, 4.69) is 11.6 Å². The molecule has 0 radical (unpaired) electrons. The van der Waals surface area contributed by atoms with E-state index in [1.165, 1.54) is 0 Å². The summed E-state index contributed by atoms with van der Waals surface area (Å²) in [4.78, 5) is 20.2. The van der Waals surface area contributed by atoms with Crippen LogP contribution in [0.25, 0.3) is 0 Å². The first kappa shape index (κ1) is 11.5. The summed E-state index contributed by atoms with van der Waals surface area (Å²) in [5.41, 5.74) is 0. The topological polar surface area (TPSA) is 34.1 Å². The average molecular weight is 241 g/mol. The average Bonchev–Trinajstić information content (AvgIpc) is 1.80. The van der Waals surface area contributed by atoms with Gasteiger partial charge in [0.05, 0.1) is 0 Å². The van der Waals surface area contributed by atoms with Crippen LogP contribution in [0.2, 0.25) is 0 Å². The maximum Gasteiger partial charge on any atom is 0.391 e. The highest BCUT2D eigenvalue weighted by Gasteiger charge is 2.36. The molecule has 0 aromatic rings. The molecule has 0 rings (SSSR count). The van der Waals surface area contributed by atoms with Gasteiger partial charge in [0.25, 0.3) is 9.69 Å². The van der Waals surface area contributed by atoms with E-state index in [4.69, 9.17) is 11.6 Å². The molecule has 0 bridgehead atoms. The van der Waals surface area contributed by atoms with Gasteiger partial charge in [-0.15, -0.1) is 0 Å². The largest absolute Gasteiger partial charge is 0.391 e. The smallest absolute Gasteiger partial charge is 0.278 e. The third kappa shape index (κ3) is 5.72. The van der Waals surface area contributed by atoms with Gasteiger partial charge >= 0.3 is 5.38 Å². The van der Waals surface area contributed by atoms with Crippen LogP contribution >= 0.6 is 44.8 Å². The molecule has 0 saturated carbocycles. The Kier molecular flexibility index (Phi) is 4.69. The minimum Gasteiger partial charge on any atom is -0.278 e. The Bertz CT molecular complexity index is 181. The van der Waals surface area contributed by atoms with Crippen molar-refractivity contribution in [2.24, 2.45) is 0 Å². The van der Waals surface area contributed by atoms with Crippen LogP contribution in [-0.4, -0.2) is 15.1 Å². The van der Waals surface area contributed by atoms with Crippen molar-refractivity contribution in [2.45, 2.75) is 5.38 Å². The van der Waals surface area contributed by atoms with Crippen LogP contribution in [0.1, 0.15) is 0 Å². The van der Waals surface area contributed by atoms with Gasteiger partial charge < -0.3 is 0 Å². The Labute approximate surface area is 78.4 Å². The minimum atomic E-state index is -3.94. The normalized spacial score (nSPS) is 11.3. The first-order valence-electron chi connectivity index (χ1n) is 1.99. The van der Waals surface area contributed by atoms with Crippen LogP contribution in [-0.2, 0) is 4.79 Å². The summed E-state index contributed by atoms with van der Waals surface area (Å²) in [6.45, 7) is 0. The predicted octanol–water partition coefficient (Wildman–Crippen LogP) is 3.08. The van der Waals surface area contributed by atoms with E-state index in [-0.39, 0.29) is 21.6 Å². The molecule has 0 atom stereocenters. The zero-order valence-corrected chi connectivity index (χ0v) is 7.79. The second kappa shape index (κ2) is 4.49. The summed E-state index contributed by atoms with van der Waals surface area (Å²) < 4.78 is 22.6. The molecule has 64 valence electrons. The van der Waals surface area contributed by atoms with E-state index in [9.17, 15) is 18.4 Å². The summed E-state index contributed by atoms with van der Waals surface area (Å²) in [6, 6.07) is 0. The summed E-state index contributed by atoms with van der Waals surface area (Å²) in [6.07, 6.45) is 0. The molecule has 0 heterocycles. The van der Waals surface area contributed by atoms with E-state index >= 15 is 0 Å². The van der Waals surface area contributed by atoms with E-state index in [1.807, 2.05) is 0 Å². The molecule has 0 fully saturated rings. The lowest BCUT2D eigenvalue weighted by molar-refractivity contribution is -0.123. The molecule has 8 heteroatoms. The molecular weight excluding hydrogens is 241 g/mol. The number of hydrogen-bond donors (Lipinski definition) is 0. The lowest BCUT2D eigenvalue weighted by Crippen LogP contribution is -2.16. The van der Waals surface area contributed by atoms with Crippen LogP contribution in [0.4, 0.5) is 13.6 Å². The van der Waals surface area contributed by atoms with Crippen molar-refractivity contribution >= 4 is 54.5 Å². The van der Waals surface area contributed by atoms with Gasteiger partial charge in [-0.25, -0.2) is 0 Å². The van der Waals surface area contributed by atoms with Crippen molar-refractivity contribution < 1.29 is 18.4 Å². The molecule has 0 amide bonds.